The van der Waals surface area contributed by atoms with E-state index in [4.69, 9.17) is 4.74 Å². The van der Waals surface area contributed by atoms with E-state index in [1.54, 1.807) is 23.9 Å². The summed E-state index contributed by atoms with van der Waals surface area (Å²) in [6.45, 7) is 0.372. The Bertz CT molecular complexity index is 623. The molecule has 0 saturated heterocycles. The molecule has 0 fully saturated rings. The van der Waals surface area contributed by atoms with Gasteiger partial charge in [-0.05, 0) is 31.2 Å². The van der Waals surface area contributed by atoms with Gasteiger partial charge in [-0.2, -0.15) is 11.8 Å². The summed E-state index contributed by atoms with van der Waals surface area (Å²) in [6.07, 6.45) is 6.06. The molecule has 3 N–H and O–H groups in total. The molecule has 0 aliphatic heterocycles. The number of ether oxygens (including phenoxy) is 1. The van der Waals surface area contributed by atoms with E-state index in [9.17, 15) is 15.0 Å². The van der Waals surface area contributed by atoms with E-state index in [1.165, 1.54) is 10.6 Å². The lowest BCUT2D eigenvalue weighted by molar-refractivity contribution is 0.156. The van der Waals surface area contributed by atoms with E-state index in [2.05, 4.69) is 17.9 Å². The Labute approximate surface area is 138 Å². The van der Waals surface area contributed by atoms with Crippen molar-refractivity contribution in [2.45, 2.75) is 17.7 Å². The summed E-state index contributed by atoms with van der Waals surface area (Å²) in [5.41, 5.74) is 1.45. The normalized spacial score (nSPS) is 14.3. The molecule has 22 heavy (non-hydrogen) atoms. The molecule has 1 aromatic rings. The highest BCUT2D eigenvalue weighted by molar-refractivity contribution is 7.98. The average molecular weight is 342 g/mol. The van der Waals surface area contributed by atoms with Crippen LogP contribution in [0.5, 0.6) is 11.8 Å². The van der Waals surface area contributed by atoms with Crippen LogP contribution in [0.1, 0.15) is 12.8 Å². The summed E-state index contributed by atoms with van der Waals surface area (Å²) >= 11 is 5.67. The molecule has 0 unspecified atom stereocenters. The molecule has 0 saturated carbocycles. The van der Waals surface area contributed by atoms with E-state index in [0.717, 1.165) is 17.1 Å². The number of allylic oxidation sites excluding steroid dienone is 4. The number of rotatable bonds is 5. The van der Waals surface area contributed by atoms with Gasteiger partial charge in [0.25, 0.3) is 0 Å². The summed E-state index contributed by atoms with van der Waals surface area (Å²) in [6, 6.07) is 1.37. The van der Waals surface area contributed by atoms with Crippen LogP contribution in [0.4, 0.5) is 4.79 Å². The van der Waals surface area contributed by atoms with Gasteiger partial charge in [0, 0.05) is 23.2 Å². The predicted octanol–water partition coefficient (Wildman–Crippen LogP) is 2.80. The smallest absolute Gasteiger partial charge is 0.411 e. The van der Waals surface area contributed by atoms with E-state index in [-0.39, 0.29) is 11.8 Å². The monoisotopic (exact) mass is 342 g/mol. The van der Waals surface area contributed by atoms with E-state index >= 15 is 0 Å². The third kappa shape index (κ3) is 3.95. The Hall–Kier alpha value is -1.67. The van der Waals surface area contributed by atoms with Gasteiger partial charge in [0.15, 0.2) is 5.88 Å². The molecular weight excluding hydrogens is 324 g/mol. The van der Waals surface area contributed by atoms with Gasteiger partial charge >= 0.3 is 6.09 Å². The second-order valence-corrected chi connectivity index (χ2v) is 6.12. The lowest BCUT2D eigenvalue weighted by atomic mass is 10.1. The van der Waals surface area contributed by atoms with Crippen molar-refractivity contribution in [1.29, 1.82) is 0 Å². The number of nitrogens with zero attached hydrogens (tertiary/aromatic N) is 1. The fourth-order valence-electron chi connectivity index (χ4n) is 2.06. The van der Waals surface area contributed by atoms with Crippen LogP contribution in [0.25, 0.3) is 5.70 Å². The van der Waals surface area contributed by atoms with Gasteiger partial charge in [0.2, 0.25) is 5.88 Å². The fourth-order valence-corrected chi connectivity index (χ4v) is 2.52. The summed E-state index contributed by atoms with van der Waals surface area (Å²) in [5.74, 6) is 0.581. The van der Waals surface area contributed by atoms with Crippen LogP contribution >= 0.6 is 24.4 Å². The second kappa shape index (κ2) is 7.55. The number of alkyl carbamates (subject to hydrolysis) is 1. The summed E-state index contributed by atoms with van der Waals surface area (Å²) in [4.78, 5) is 11.9. The van der Waals surface area contributed by atoms with Crippen LogP contribution in [0.3, 0.4) is 0 Å². The third-order valence-corrected chi connectivity index (χ3v) is 4.04. The van der Waals surface area contributed by atoms with Crippen molar-refractivity contribution in [3.63, 3.8) is 0 Å². The highest BCUT2D eigenvalue weighted by atomic mass is 32.2. The van der Waals surface area contributed by atoms with Crippen molar-refractivity contribution >= 4 is 36.2 Å². The largest absolute Gasteiger partial charge is 0.494 e. The Balaban J connectivity index is 2.01. The van der Waals surface area contributed by atoms with Crippen LogP contribution in [-0.4, -0.2) is 39.5 Å². The average Bonchev–Trinajstić information content (AvgIpc) is 2.74. The number of thiol groups is 1. The van der Waals surface area contributed by atoms with Crippen LogP contribution in [0, 0.1) is 0 Å². The molecule has 1 aromatic heterocycles. The molecule has 1 amide bonds. The maximum Gasteiger partial charge on any atom is 0.411 e. The number of thioether (sulfide) groups is 1. The zero-order valence-electron chi connectivity index (χ0n) is 12.1. The topological polar surface area (TPSA) is 83.7 Å². The number of aromatic hydroxyl groups is 2. The van der Waals surface area contributed by atoms with Gasteiger partial charge in [0.1, 0.15) is 6.61 Å². The number of carbonyl (C=O) groups excluding carboxylic acids is 1. The maximum absolute atomic E-state index is 11.5. The van der Waals surface area contributed by atoms with Crippen LogP contribution < -0.4 is 5.32 Å². The Kier molecular flexibility index (Phi) is 5.73. The van der Waals surface area contributed by atoms with Crippen LogP contribution in [-0.2, 0) is 4.74 Å². The number of nitrogens with one attached hydrogen (secondary N) is 1. The molecule has 0 spiro atoms. The van der Waals surface area contributed by atoms with Gasteiger partial charge < -0.3 is 14.9 Å². The molecule has 1 aliphatic rings. The molecule has 0 radical (unpaired) electrons. The van der Waals surface area contributed by atoms with E-state index in [0.29, 0.717) is 24.3 Å². The molecule has 1 heterocycles. The van der Waals surface area contributed by atoms with Gasteiger partial charge in [-0.3, -0.25) is 9.88 Å². The summed E-state index contributed by atoms with van der Waals surface area (Å²) < 4.78 is 6.34. The van der Waals surface area contributed by atoms with E-state index < -0.39 is 6.09 Å². The number of amides is 1. The first kappa shape index (κ1) is 16.7. The second-order valence-electron chi connectivity index (χ2n) is 4.65. The number of hydrogen-bond donors (Lipinski definition) is 4. The molecule has 0 atom stereocenters. The number of aromatic nitrogens is 1. The van der Waals surface area contributed by atoms with Gasteiger partial charge in [0.05, 0.1) is 4.90 Å². The SMILES string of the molecule is CSCCOC(=O)NC1=CC=C(n2c(O)cc(S)c2O)CC1. The molecule has 120 valence electrons. The minimum absolute atomic E-state index is 0.0740. The molecule has 1 aliphatic carbocycles. The van der Waals surface area contributed by atoms with Gasteiger partial charge in [-0.15, -0.1) is 12.6 Å². The Morgan fingerprint density at radius 2 is 2.23 bits per heavy atom. The maximum atomic E-state index is 11.5. The number of carbonyl (C=O) groups is 1. The quantitative estimate of drug-likeness (QED) is 0.488. The first-order chi connectivity index (χ1) is 10.5. The Morgan fingerprint density at radius 1 is 1.45 bits per heavy atom. The van der Waals surface area contributed by atoms with Crippen molar-refractivity contribution in [1.82, 2.24) is 9.88 Å². The molecule has 0 aromatic carbocycles. The zero-order valence-corrected chi connectivity index (χ0v) is 13.8. The fraction of sp³-hybridized carbons (Fsp3) is 0.357. The molecule has 8 heteroatoms. The first-order valence-corrected chi connectivity index (χ1v) is 8.52. The summed E-state index contributed by atoms with van der Waals surface area (Å²) in [7, 11) is 0. The minimum Gasteiger partial charge on any atom is -0.494 e. The van der Waals surface area contributed by atoms with Crippen LogP contribution in [0.2, 0.25) is 0 Å². The lowest BCUT2D eigenvalue weighted by Gasteiger charge is -2.17. The first-order valence-electron chi connectivity index (χ1n) is 6.68. The predicted molar refractivity (Wildman–Crippen MR) is 89.5 cm³/mol. The highest BCUT2D eigenvalue weighted by Crippen LogP contribution is 2.36. The third-order valence-electron chi connectivity index (χ3n) is 3.13. The molecule has 2 rings (SSSR count). The van der Waals surface area contributed by atoms with Gasteiger partial charge in [-0.25, -0.2) is 4.79 Å². The van der Waals surface area contributed by atoms with Crippen molar-refractivity contribution in [3.8, 4) is 11.8 Å². The van der Waals surface area contributed by atoms with Crippen molar-refractivity contribution in [2.75, 3.05) is 18.6 Å². The summed E-state index contributed by atoms with van der Waals surface area (Å²) in [5, 5.41) is 22.4. The zero-order chi connectivity index (χ0) is 16.1. The molecular formula is C14H18N2O4S2. The molecule has 6 nitrogen and oxygen atoms in total. The van der Waals surface area contributed by atoms with Crippen LogP contribution in [0.15, 0.2) is 28.8 Å². The standard InChI is InChI=1S/C14H18N2O4S2/c1-22-7-6-20-14(19)15-9-2-4-10(5-3-9)16-12(17)8-11(21)13(16)18/h2,4,8,17-18,21H,3,5-7H2,1H3,(H,15,19). The highest BCUT2D eigenvalue weighted by Gasteiger charge is 2.17. The van der Waals surface area contributed by atoms with Crippen molar-refractivity contribution in [2.24, 2.45) is 0 Å². The Morgan fingerprint density at radius 3 is 2.77 bits per heavy atom. The minimum atomic E-state index is -0.471. The van der Waals surface area contributed by atoms with Gasteiger partial charge in [-0.1, -0.05) is 0 Å². The lowest BCUT2D eigenvalue weighted by Crippen LogP contribution is -2.25. The van der Waals surface area contributed by atoms with E-state index in [1.807, 2.05) is 6.26 Å². The van der Waals surface area contributed by atoms with Crippen molar-refractivity contribution in [3.05, 3.63) is 23.9 Å². The van der Waals surface area contributed by atoms with Crippen molar-refractivity contribution < 1.29 is 19.7 Å². The number of hydrogen-bond acceptors (Lipinski definition) is 6. The molecule has 0 bridgehead atoms.